The number of amides is 1. The number of nitrogens with zero attached hydrogens (tertiary/aromatic N) is 1. The predicted molar refractivity (Wildman–Crippen MR) is 103 cm³/mol. The third kappa shape index (κ3) is 4.35. The van der Waals surface area contributed by atoms with E-state index in [9.17, 15) is 4.79 Å². The van der Waals surface area contributed by atoms with E-state index in [-0.39, 0.29) is 11.9 Å². The van der Waals surface area contributed by atoms with Gasteiger partial charge in [-0.3, -0.25) is 4.79 Å². The van der Waals surface area contributed by atoms with E-state index in [2.05, 4.69) is 61.3 Å². The molecule has 0 unspecified atom stereocenters. The van der Waals surface area contributed by atoms with Crippen LogP contribution in [0.1, 0.15) is 40.0 Å². The highest BCUT2D eigenvalue weighted by Gasteiger charge is 2.33. The molecule has 4 heteroatoms. The fourth-order valence-corrected chi connectivity index (χ4v) is 4.40. The second-order valence-corrected chi connectivity index (χ2v) is 8.08. The second kappa shape index (κ2) is 8.22. The monoisotopic (exact) mass is 344 g/mol. The highest BCUT2D eigenvalue weighted by atomic mass is 16.2. The topological polar surface area (TPSA) is 36.8 Å². The summed E-state index contributed by atoms with van der Waals surface area (Å²) in [5, 5.41) is 3.37. The van der Waals surface area contributed by atoms with Crippen LogP contribution in [0.4, 0.5) is 5.69 Å². The molecule has 138 valence electrons. The van der Waals surface area contributed by atoms with E-state index in [1.54, 1.807) is 0 Å². The van der Waals surface area contributed by atoms with Crippen LogP contribution >= 0.6 is 0 Å². The van der Waals surface area contributed by atoms with Crippen LogP contribution in [0.2, 0.25) is 0 Å². The van der Waals surface area contributed by atoms with Crippen LogP contribution < -0.4 is 15.1 Å². The summed E-state index contributed by atoms with van der Waals surface area (Å²) < 4.78 is 0. The summed E-state index contributed by atoms with van der Waals surface area (Å²) in [6.45, 7) is 10.8. The van der Waals surface area contributed by atoms with Crippen LogP contribution in [0.5, 0.6) is 0 Å². The number of benzene rings is 1. The van der Waals surface area contributed by atoms with E-state index in [1.165, 1.54) is 23.4 Å². The van der Waals surface area contributed by atoms with Gasteiger partial charge in [-0.2, -0.15) is 0 Å². The Bertz CT molecular complexity index is 554. The molecular weight excluding hydrogens is 310 g/mol. The van der Waals surface area contributed by atoms with Crippen molar-refractivity contribution in [3.8, 4) is 0 Å². The molecule has 0 aromatic heterocycles. The highest BCUT2D eigenvalue weighted by molar-refractivity contribution is 5.80. The Morgan fingerprint density at radius 2 is 1.84 bits per heavy atom. The molecule has 1 saturated carbocycles. The van der Waals surface area contributed by atoms with Crippen molar-refractivity contribution in [2.45, 2.75) is 52.1 Å². The molecule has 1 aliphatic carbocycles. The molecule has 2 N–H and O–H groups in total. The Hall–Kier alpha value is -1.55. The van der Waals surface area contributed by atoms with Gasteiger partial charge in [0.2, 0.25) is 0 Å². The lowest BCUT2D eigenvalue weighted by molar-refractivity contribution is -0.914. The maximum absolute atomic E-state index is 12.8. The van der Waals surface area contributed by atoms with Gasteiger partial charge in [0.15, 0.2) is 6.04 Å². The van der Waals surface area contributed by atoms with Gasteiger partial charge in [0.1, 0.15) is 0 Å². The zero-order chi connectivity index (χ0) is 17.8. The normalized spacial score (nSPS) is 29.2. The molecule has 1 heterocycles. The van der Waals surface area contributed by atoms with Gasteiger partial charge in [0.05, 0.1) is 26.2 Å². The Balaban J connectivity index is 1.50. The lowest BCUT2D eigenvalue weighted by atomic mass is 9.78. The summed E-state index contributed by atoms with van der Waals surface area (Å²) in [6, 6.07) is 11.0. The molecule has 1 aromatic carbocycles. The molecule has 0 bridgehead atoms. The lowest BCUT2D eigenvalue weighted by Crippen LogP contribution is -3.19. The summed E-state index contributed by atoms with van der Waals surface area (Å²) >= 11 is 0. The number of hydrogen-bond acceptors (Lipinski definition) is 2. The van der Waals surface area contributed by atoms with E-state index >= 15 is 0 Å². The predicted octanol–water partition coefficient (Wildman–Crippen LogP) is 1.72. The molecule has 3 rings (SSSR count). The van der Waals surface area contributed by atoms with Crippen LogP contribution in [0.15, 0.2) is 30.3 Å². The number of hydrogen-bond donors (Lipinski definition) is 2. The summed E-state index contributed by atoms with van der Waals surface area (Å²) in [7, 11) is 0. The average molecular weight is 345 g/mol. The minimum Gasteiger partial charge on any atom is -0.360 e. The molecule has 0 spiro atoms. The molecule has 2 aliphatic rings. The van der Waals surface area contributed by atoms with Crippen LogP contribution in [-0.2, 0) is 4.79 Å². The third-order valence-corrected chi connectivity index (χ3v) is 6.57. The van der Waals surface area contributed by atoms with E-state index in [0.717, 1.165) is 38.5 Å². The van der Waals surface area contributed by atoms with Crippen molar-refractivity contribution in [1.82, 2.24) is 5.32 Å². The Labute approximate surface area is 152 Å². The smallest absolute Gasteiger partial charge is 0.278 e. The van der Waals surface area contributed by atoms with E-state index < -0.39 is 0 Å². The van der Waals surface area contributed by atoms with Crippen molar-refractivity contribution >= 4 is 11.6 Å². The highest BCUT2D eigenvalue weighted by Crippen LogP contribution is 2.29. The maximum Gasteiger partial charge on any atom is 0.278 e. The number of rotatable bonds is 4. The molecule has 4 atom stereocenters. The van der Waals surface area contributed by atoms with Gasteiger partial charge in [-0.1, -0.05) is 44.9 Å². The minimum absolute atomic E-state index is 0.0438. The fourth-order valence-electron chi connectivity index (χ4n) is 4.40. The van der Waals surface area contributed by atoms with Gasteiger partial charge >= 0.3 is 0 Å². The summed E-state index contributed by atoms with van der Waals surface area (Å²) in [6.07, 6.45) is 3.68. The number of para-hydroxylation sites is 1. The first-order chi connectivity index (χ1) is 12.1. The summed E-state index contributed by atoms with van der Waals surface area (Å²) in [4.78, 5) is 16.6. The van der Waals surface area contributed by atoms with Crippen LogP contribution in [-0.4, -0.2) is 44.2 Å². The van der Waals surface area contributed by atoms with Crippen molar-refractivity contribution in [2.24, 2.45) is 11.8 Å². The zero-order valence-electron chi connectivity index (χ0n) is 16.0. The largest absolute Gasteiger partial charge is 0.360 e. The third-order valence-electron chi connectivity index (χ3n) is 6.57. The van der Waals surface area contributed by atoms with Gasteiger partial charge in [-0.05, 0) is 37.3 Å². The van der Waals surface area contributed by atoms with Crippen LogP contribution in [0.25, 0.3) is 0 Å². The molecule has 25 heavy (non-hydrogen) atoms. The maximum atomic E-state index is 12.8. The van der Waals surface area contributed by atoms with Gasteiger partial charge in [-0.15, -0.1) is 0 Å². The SMILES string of the molecule is C[C@@H]1[C@H](C)CCC[C@@H]1NC(=O)[C@@H](C)[NH+]1CCN(c2ccccc2)CC1. The molecule has 1 aromatic rings. The molecule has 1 aliphatic heterocycles. The second-order valence-electron chi connectivity index (χ2n) is 8.08. The van der Waals surface area contributed by atoms with E-state index in [0.29, 0.717) is 12.0 Å². The van der Waals surface area contributed by atoms with E-state index in [1.807, 2.05) is 0 Å². The molecule has 2 fully saturated rings. The summed E-state index contributed by atoms with van der Waals surface area (Å²) in [5.41, 5.74) is 1.30. The van der Waals surface area contributed by atoms with Crippen LogP contribution in [0, 0.1) is 11.8 Å². The number of nitrogens with one attached hydrogen (secondary N) is 2. The lowest BCUT2D eigenvalue weighted by Gasteiger charge is -2.38. The standard InChI is InChI=1S/C21H33N3O/c1-16-8-7-11-20(17(16)2)22-21(25)18(3)23-12-14-24(15-13-23)19-9-5-4-6-10-19/h4-6,9-10,16-18,20H,7-8,11-15H2,1-3H3,(H,22,25)/p+1/t16-,17-,18-,20+/m1/s1. The van der Waals surface area contributed by atoms with Gasteiger partial charge in [-0.25, -0.2) is 0 Å². The van der Waals surface area contributed by atoms with Crippen molar-refractivity contribution < 1.29 is 9.69 Å². The number of anilines is 1. The van der Waals surface area contributed by atoms with Crippen molar-refractivity contribution in [2.75, 3.05) is 31.1 Å². The minimum atomic E-state index is 0.0438. The van der Waals surface area contributed by atoms with Gasteiger partial charge in [0.25, 0.3) is 5.91 Å². The molecule has 1 amide bonds. The fraction of sp³-hybridized carbons (Fsp3) is 0.667. The Morgan fingerprint density at radius 3 is 2.52 bits per heavy atom. The molecule has 1 saturated heterocycles. The first kappa shape index (κ1) is 18.2. The van der Waals surface area contributed by atoms with Crippen molar-refractivity contribution in [3.05, 3.63) is 30.3 Å². The first-order valence-electron chi connectivity index (χ1n) is 10.0. The average Bonchev–Trinajstić information content (AvgIpc) is 2.65. The summed E-state index contributed by atoms with van der Waals surface area (Å²) in [5.74, 6) is 1.56. The van der Waals surface area contributed by atoms with E-state index in [4.69, 9.17) is 0 Å². The number of carbonyl (C=O) groups excluding carboxylic acids is 1. The molecular formula is C21H34N3O+. The van der Waals surface area contributed by atoms with Crippen molar-refractivity contribution in [3.63, 3.8) is 0 Å². The Kier molecular flexibility index (Phi) is 6.00. The number of piperazine rings is 1. The number of carbonyl (C=O) groups is 1. The van der Waals surface area contributed by atoms with Gasteiger partial charge < -0.3 is 15.1 Å². The Morgan fingerprint density at radius 1 is 1.16 bits per heavy atom. The van der Waals surface area contributed by atoms with Crippen molar-refractivity contribution in [1.29, 1.82) is 0 Å². The van der Waals surface area contributed by atoms with Crippen LogP contribution in [0.3, 0.4) is 0 Å². The molecule has 4 nitrogen and oxygen atoms in total. The first-order valence-corrected chi connectivity index (χ1v) is 10.0. The van der Waals surface area contributed by atoms with Gasteiger partial charge in [0, 0.05) is 11.7 Å². The number of quaternary nitrogens is 1. The molecule has 0 radical (unpaired) electrons. The zero-order valence-corrected chi connectivity index (χ0v) is 16.0. The quantitative estimate of drug-likeness (QED) is 0.873.